The molecule has 0 saturated carbocycles. The highest BCUT2D eigenvalue weighted by Crippen LogP contribution is 2.28. The Bertz CT molecular complexity index is 1290. The Hall–Kier alpha value is -3.24. The zero-order valence-corrected chi connectivity index (χ0v) is 21.3. The van der Waals surface area contributed by atoms with Crippen molar-refractivity contribution in [1.29, 1.82) is 0 Å². The standard InChI is InChI=1S/C16H20N4OS.C10H7NOS/c1-17-9-11-4-3-5-12(8-11)15(21)19-16-18-13-6-7-20(2)10-14(13)22-16;12-7-9-1-2-10(13-9)8-3-5-11-6-4-8/h3-5,8,17H,6-7,9-10H2,1-2H3,(H,18,19,21);1-7H. The maximum absolute atomic E-state index is 12.4. The summed E-state index contributed by atoms with van der Waals surface area (Å²) in [4.78, 5) is 36.7. The average Bonchev–Trinajstić information content (AvgIpc) is 3.52. The fourth-order valence-corrected chi connectivity index (χ4v) is 5.57. The van der Waals surface area contributed by atoms with Gasteiger partial charge in [0.2, 0.25) is 0 Å². The second-order valence-corrected chi connectivity index (χ2v) is 10.3. The number of amides is 1. The first-order valence-electron chi connectivity index (χ1n) is 11.2. The van der Waals surface area contributed by atoms with Gasteiger partial charge in [0.25, 0.3) is 5.91 Å². The predicted octanol–water partition coefficient (Wildman–Crippen LogP) is 4.73. The Balaban J connectivity index is 0.000000189. The first kappa shape index (κ1) is 24.9. The van der Waals surface area contributed by atoms with Crippen molar-refractivity contribution in [3.05, 3.63) is 87.5 Å². The normalized spacial score (nSPS) is 12.9. The topological polar surface area (TPSA) is 87.2 Å². The molecule has 1 aromatic carbocycles. The van der Waals surface area contributed by atoms with Crippen molar-refractivity contribution in [1.82, 2.24) is 20.2 Å². The molecule has 0 bridgehead atoms. The minimum atomic E-state index is -0.0996. The van der Waals surface area contributed by atoms with Gasteiger partial charge in [-0.05, 0) is 61.6 Å². The highest BCUT2D eigenvalue weighted by atomic mass is 32.1. The summed E-state index contributed by atoms with van der Waals surface area (Å²) in [7, 11) is 4.00. The van der Waals surface area contributed by atoms with E-state index < -0.39 is 0 Å². The van der Waals surface area contributed by atoms with Crippen LogP contribution in [0.1, 0.15) is 36.2 Å². The van der Waals surface area contributed by atoms with Crippen LogP contribution in [0.3, 0.4) is 0 Å². The molecule has 0 aliphatic carbocycles. The van der Waals surface area contributed by atoms with E-state index in [2.05, 4.69) is 32.5 Å². The van der Waals surface area contributed by atoms with Crippen LogP contribution in [0.15, 0.2) is 60.9 Å². The number of rotatable bonds is 6. The molecule has 4 heterocycles. The molecule has 0 fully saturated rings. The van der Waals surface area contributed by atoms with E-state index in [-0.39, 0.29) is 5.91 Å². The van der Waals surface area contributed by atoms with E-state index >= 15 is 0 Å². The lowest BCUT2D eigenvalue weighted by Gasteiger charge is -2.20. The maximum atomic E-state index is 12.4. The second kappa shape index (κ2) is 11.9. The SMILES string of the molecule is CNCc1cccc(C(=O)Nc2nc3c(s2)CN(C)CC3)c1.O=Cc1ccc(-c2ccncc2)s1. The molecule has 0 unspecified atom stereocenters. The number of carbonyl (C=O) groups excluding carboxylic acids is 2. The zero-order chi connectivity index (χ0) is 24.6. The lowest BCUT2D eigenvalue weighted by atomic mass is 10.1. The molecule has 35 heavy (non-hydrogen) atoms. The fourth-order valence-electron chi connectivity index (χ4n) is 3.66. The fraction of sp³-hybridized carbons (Fsp3) is 0.231. The lowest BCUT2D eigenvalue weighted by Crippen LogP contribution is -2.25. The molecular weight excluding hydrogens is 478 g/mol. The van der Waals surface area contributed by atoms with Crippen LogP contribution in [0.4, 0.5) is 5.13 Å². The third kappa shape index (κ3) is 6.67. The van der Waals surface area contributed by atoms with E-state index in [1.807, 2.05) is 55.6 Å². The molecule has 0 radical (unpaired) electrons. The molecule has 0 spiro atoms. The van der Waals surface area contributed by atoms with E-state index in [4.69, 9.17) is 0 Å². The van der Waals surface area contributed by atoms with Gasteiger partial charge in [0.05, 0.1) is 10.6 Å². The zero-order valence-electron chi connectivity index (χ0n) is 19.7. The average molecular weight is 506 g/mol. The van der Waals surface area contributed by atoms with Crippen molar-refractivity contribution in [2.24, 2.45) is 0 Å². The Morgan fingerprint density at radius 3 is 2.71 bits per heavy atom. The van der Waals surface area contributed by atoms with Crippen LogP contribution in [-0.4, -0.2) is 47.7 Å². The number of thiazole rings is 1. The van der Waals surface area contributed by atoms with E-state index in [1.165, 1.54) is 16.2 Å². The molecule has 7 nitrogen and oxygen atoms in total. The van der Waals surface area contributed by atoms with Gasteiger partial charge in [0, 0.05) is 53.8 Å². The second-order valence-electron chi connectivity index (χ2n) is 8.12. The van der Waals surface area contributed by atoms with Crippen molar-refractivity contribution in [2.45, 2.75) is 19.5 Å². The molecule has 1 aliphatic heterocycles. The van der Waals surface area contributed by atoms with Crippen molar-refractivity contribution in [2.75, 3.05) is 26.0 Å². The van der Waals surface area contributed by atoms with Crippen molar-refractivity contribution >= 4 is 40.0 Å². The van der Waals surface area contributed by atoms with Crippen LogP contribution >= 0.6 is 22.7 Å². The monoisotopic (exact) mass is 505 g/mol. The van der Waals surface area contributed by atoms with Crippen LogP contribution in [0, 0.1) is 0 Å². The quantitative estimate of drug-likeness (QED) is 0.369. The number of anilines is 1. The number of aromatic nitrogens is 2. The Kier molecular flexibility index (Phi) is 8.49. The summed E-state index contributed by atoms with van der Waals surface area (Å²) in [6.07, 6.45) is 5.32. The summed E-state index contributed by atoms with van der Waals surface area (Å²) in [5.74, 6) is -0.0996. The number of likely N-dealkylation sites (N-methyl/N-ethyl adjacent to an activating group) is 1. The predicted molar refractivity (Wildman–Crippen MR) is 142 cm³/mol. The van der Waals surface area contributed by atoms with Gasteiger partial charge in [0.1, 0.15) is 0 Å². The third-order valence-electron chi connectivity index (χ3n) is 5.42. The van der Waals surface area contributed by atoms with Gasteiger partial charge in [-0.3, -0.25) is 19.9 Å². The molecule has 3 aromatic heterocycles. The molecule has 1 amide bonds. The van der Waals surface area contributed by atoms with Gasteiger partial charge < -0.3 is 10.2 Å². The molecule has 0 atom stereocenters. The number of hydrogen-bond donors (Lipinski definition) is 2. The molecule has 9 heteroatoms. The molecule has 0 saturated heterocycles. The van der Waals surface area contributed by atoms with Crippen LogP contribution in [0.5, 0.6) is 0 Å². The number of nitrogens with one attached hydrogen (secondary N) is 2. The third-order valence-corrected chi connectivity index (χ3v) is 7.48. The first-order valence-corrected chi connectivity index (χ1v) is 12.9. The van der Waals surface area contributed by atoms with Gasteiger partial charge in [-0.25, -0.2) is 4.98 Å². The van der Waals surface area contributed by atoms with Crippen LogP contribution < -0.4 is 10.6 Å². The summed E-state index contributed by atoms with van der Waals surface area (Å²) < 4.78 is 0. The van der Waals surface area contributed by atoms with Gasteiger partial charge in [-0.2, -0.15) is 0 Å². The highest BCUT2D eigenvalue weighted by molar-refractivity contribution is 7.17. The van der Waals surface area contributed by atoms with Gasteiger partial charge in [0.15, 0.2) is 11.4 Å². The van der Waals surface area contributed by atoms with Crippen LogP contribution in [-0.2, 0) is 19.5 Å². The lowest BCUT2D eigenvalue weighted by molar-refractivity contribution is 0.102. The van der Waals surface area contributed by atoms with Crippen molar-refractivity contribution in [3.63, 3.8) is 0 Å². The molecule has 180 valence electrons. The van der Waals surface area contributed by atoms with E-state index in [1.54, 1.807) is 23.7 Å². The molecule has 4 aromatic rings. The highest BCUT2D eigenvalue weighted by Gasteiger charge is 2.19. The largest absolute Gasteiger partial charge is 0.316 e. The summed E-state index contributed by atoms with van der Waals surface area (Å²) in [6, 6.07) is 15.3. The number of carbonyl (C=O) groups is 2. The van der Waals surface area contributed by atoms with E-state index in [0.717, 1.165) is 58.9 Å². The Morgan fingerprint density at radius 1 is 1.14 bits per heavy atom. The van der Waals surface area contributed by atoms with Gasteiger partial charge >= 0.3 is 0 Å². The smallest absolute Gasteiger partial charge is 0.257 e. The number of fused-ring (bicyclic) bond motifs is 1. The summed E-state index contributed by atoms with van der Waals surface area (Å²) in [5.41, 5.74) is 3.99. The molecule has 5 rings (SSSR count). The number of pyridine rings is 1. The summed E-state index contributed by atoms with van der Waals surface area (Å²) in [5, 5.41) is 6.72. The maximum Gasteiger partial charge on any atom is 0.257 e. The molecule has 1 aliphatic rings. The minimum absolute atomic E-state index is 0.0996. The van der Waals surface area contributed by atoms with E-state index in [0.29, 0.717) is 10.7 Å². The van der Waals surface area contributed by atoms with Gasteiger partial charge in [-0.1, -0.05) is 12.1 Å². The van der Waals surface area contributed by atoms with E-state index in [9.17, 15) is 9.59 Å². The molecular formula is C26H27N5O2S2. The van der Waals surface area contributed by atoms with Crippen molar-refractivity contribution < 1.29 is 9.59 Å². The minimum Gasteiger partial charge on any atom is -0.316 e. The number of nitrogens with zero attached hydrogens (tertiary/aromatic N) is 3. The molecule has 2 N–H and O–H groups in total. The number of hydrogen-bond acceptors (Lipinski definition) is 8. The number of benzene rings is 1. The van der Waals surface area contributed by atoms with Crippen LogP contribution in [0.25, 0.3) is 10.4 Å². The van der Waals surface area contributed by atoms with Crippen molar-refractivity contribution in [3.8, 4) is 10.4 Å². The Labute approximate surface area is 212 Å². The Morgan fingerprint density at radius 2 is 1.97 bits per heavy atom. The number of thiophene rings is 1. The summed E-state index contributed by atoms with van der Waals surface area (Å²) in [6.45, 7) is 2.69. The van der Waals surface area contributed by atoms with Crippen LogP contribution in [0.2, 0.25) is 0 Å². The van der Waals surface area contributed by atoms with Gasteiger partial charge in [-0.15, -0.1) is 22.7 Å². The first-order chi connectivity index (χ1) is 17.1. The number of aldehydes is 1. The summed E-state index contributed by atoms with van der Waals surface area (Å²) >= 11 is 3.07.